The first-order chi connectivity index (χ1) is 10.0. The number of likely N-dealkylation sites (N-methyl/N-ethyl adjacent to an activating group) is 1. The fraction of sp³-hybridized carbons (Fsp3) is 0.438. The maximum atomic E-state index is 10.7. The Kier molecular flexibility index (Phi) is 5.30. The molecule has 1 aliphatic heterocycles. The van der Waals surface area contributed by atoms with Crippen molar-refractivity contribution < 1.29 is 19.8 Å². The van der Waals surface area contributed by atoms with Crippen molar-refractivity contribution in [1.82, 2.24) is 4.90 Å². The molecule has 22 heavy (non-hydrogen) atoms. The van der Waals surface area contributed by atoms with E-state index >= 15 is 0 Å². The molecule has 2 rings (SSSR count). The van der Waals surface area contributed by atoms with Crippen LogP contribution in [0, 0.1) is 6.92 Å². The average molecular weight is 306 g/mol. The lowest BCUT2D eigenvalue weighted by atomic mass is 10.0. The van der Waals surface area contributed by atoms with E-state index in [9.17, 15) is 9.59 Å². The highest BCUT2D eigenvalue weighted by Gasteiger charge is 2.25. The van der Waals surface area contributed by atoms with Gasteiger partial charge in [-0.3, -0.25) is 4.99 Å². The zero-order valence-electron chi connectivity index (χ0n) is 13.5. The molecule has 0 saturated heterocycles. The summed E-state index contributed by atoms with van der Waals surface area (Å²) in [5.74, 6) is -1.28. The molecule has 0 aromatic heterocycles. The summed E-state index contributed by atoms with van der Waals surface area (Å²) in [5.41, 5.74) is 0.286. The van der Waals surface area contributed by atoms with Crippen molar-refractivity contribution in [2.45, 2.75) is 33.2 Å². The summed E-state index contributed by atoms with van der Waals surface area (Å²) in [4.78, 5) is 27.9. The Balaban J connectivity index is 0.000000235. The molecular formula is C16H22N2O4. The average Bonchev–Trinajstić information content (AvgIpc) is 2.60. The van der Waals surface area contributed by atoms with Crippen LogP contribution in [0.5, 0.6) is 0 Å². The van der Waals surface area contributed by atoms with Crippen LogP contribution in [0.15, 0.2) is 23.2 Å². The van der Waals surface area contributed by atoms with Gasteiger partial charge in [0.1, 0.15) is 0 Å². The number of rotatable bonds is 2. The zero-order valence-corrected chi connectivity index (χ0v) is 13.5. The highest BCUT2D eigenvalue weighted by Crippen LogP contribution is 2.17. The Hall–Kier alpha value is -2.37. The first-order valence-corrected chi connectivity index (χ1v) is 6.89. The van der Waals surface area contributed by atoms with E-state index in [4.69, 9.17) is 10.2 Å². The third kappa shape index (κ3) is 4.31. The molecule has 0 amide bonds. The fourth-order valence-electron chi connectivity index (χ4n) is 2.38. The molecule has 0 radical (unpaired) electrons. The number of benzene rings is 1. The minimum atomic E-state index is -1.22. The molecule has 0 bridgehead atoms. The van der Waals surface area contributed by atoms with Crippen LogP contribution in [0.1, 0.15) is 47.1 Å². The van der Waals surface area contributed by atoms with Crippen LogP contribution >= 0.6 is 0 Å². The van der Waals surface area contributed by atoms with E-state index < -0.39 is 11.9 Å². The van der Waals surface area contributed by atoms with E-state index in [2.05, 4.69) is 37.7 Å². The Morgan fingerprint density at radius 2 is 1.77 bits per heavy atom. The third-order valence-electron chi connectivity index (χ3n) is 3.36. The van der Waals surface area contributed by atoms with E-state index in [1.165, 1.54) is 12.1 Å². The molecule has 0 saturated carbocycles. The van der Waals surface area contributed by atoms with Crippen LogP contribution < -0.4 is 0 Å². The molecule has 0 fully saturated rings. The Labute approximate surface area is 130 Å². The van der Waals surface area contributed by atoms with Crippen molar-refractivity contribution in [2.24, 2.45) is 4.99 Å². The van der Waals surface area contributed by atoms with Gasteiger partial charge in [-0.05, 0) is 39.3 Å². The van der Waals surface area contributed by atoms with Gasteiger partial charge < -0.3 is 15.1 Å². The number of aliphatic imine (C=N–C) groups is 1. The number of aromatic carboxylic acids is 2. The predicted molar refractivity (Wildman–Crippen MR) is 84.9 cm³/mol. The van der Waals surface area contributed by atoms with Gasteiger partial charge in [0.15, 0.2) is 0 Å². The molecule has 0 spiro atoms. The lowest BCUT2D eigenvalue weighted by Gasteiger charge is -2.15. The van der Waals surface area contributed by atoms with Gasteiger partial charge in [-0.2, -0.15) is 0 Å². The maximum absolute atomic E-state index is 10.7. The van der Waals surface area contributed by atoms with Gasteiger partial charge in [0.05, 0.1) is 22.5 Å². The predicted octanol–water partition coefficient (Wildman–Crippen LogP) is 2.52. The van der Waals surface area contributed by atoms with E-state index in [1.54, 1.807) is 13.0 Å². The Morgan fingerprint density at radius 1 is 1.18 bits per heavy atom. The summed E-state index contributed by atoms with van der Waals surface area (Å²) >= 11 is 0. The van der Waals surface area contributed by atoms with Crippen molar-refractivity contribution in [3.63, 3.8) is 0 Å². The Bertz CT molecular complexity index is 621. The highest BCUT2D eigenvalue weighted by molar-refractivity contribution is 6.02. The summed E-state index contributed by atoms with van der Waals surface area (Å²) in [6.45, 7) is 8.98. The van der Waals surface area contributed by atoms with Crippen molar-refractivity contribution in [3.05, 3.63) is 34.9 Å². The van der Waals surface area contributed by atoms with Gasteiger partial charge in [-0.25, -0.2) is 9.59 Å². The highest BCUT2D eigenvalue weighted by atomic mass is 16.4. The van der Waals surface area contributed by atoms with Crippen LogP contribution in [-0.4, -0.2) is 52.0 Å². The number of amidine groups is 1. The number of carboxylic acid groups (broad SMARTS) is 2. The van der Waals surface area contributed by atoms with Gasteiger partial charge in [0.2, 0.25) is 0 Å². The van der Waals surface area contributed by atoms with Crippen LogP contribution in [0.25, 0.3) is 0 Å². The number of carboxylic acids is 2. The number of hydrogen-bond donors (Lipinski definition) is 2. The fourth-order valence-corrected chi connectivity index (χ4v) is 2.38. The minimum Gasteiger partial charge on any atom is -0.478 e. The van der Waals surface area contributed by atoms with Crippen LogP contribution in [-0.2, 0) is 0 Å². The SMILES string of the molecule is CC1=NC(C)(C)CN1C.Cc1cccc(C(=O)O)c1C(=O)O. The lowest BCUT2D eigenvalue weighted by Crippen LogP contribution is -2.27. The molecule has 120 valence electrons. The molecular weight excluding hydrogens is 284 g/mol. The van der Waals surface area contributed by atoms with Crippen LogP contribution in [0.2, 0.25) is 0 Å². The van der Waals surface area contributed by atoms with E-state index in [-0.39, 0.29) is 16.7 Å². The second kappa shape index (κ2) is 6.60. The summed E-state index contributed by atoms with van der Waals surface area (Å²) in [6, 6.07) is 4.36. The summed E-state index contributed by atoms with van der Waals surface area (Å²) in [5, 5.41) is 17.4. The first-order valence-electron chi connectivity index (χ1n) is 6.89. The van der Waals surface area contributed by atoms with Crippen molar-refractivity contribution in [2.75, 3.05) is 13.6 Å². The minimum absolute atomic E-state index is 0.144. The van der Waals surface area contributed by atoms with Crippen LogP contribution in [0.4, 0.5) is 0 Å². The molecule has 1 aromatic carbocycles. The van der Waals surface area contributed by atoms with Gasteiger partial charge in [0.25, 0.3) is 0 Å². The molecule has 0 unspecified atom stereocenters. The maximum Gasteiger partial charge on any atom is 0.336 e. The van der Waals surface area contributed by atoms with Crippen molar-refractivity contribution >= 4 is 17.8 Å². The second-order valence-electron chi connectivity index (χ2n) is 5.94. The van der Waals surface area contributed by atoms with Crippen LogP contribution in [0.3, 0.4) is 0 Å². The summed E-state index contributed by atoms with van der Waals surface area (Å²) in [6.07, 6.45) is 0. The quantitative estimate of drug-likeness (QED) is 0.876. The topological polar surface area (TPSA) is 90.2 Å². The van der Waals surface area contributed by atoms with E-state index in [1.807, 2.05) is 0 Å². The molecule has 1 aliphatic rings. The van der Waals surface area contributed by atoms with E-state index in [0.717, 1.165) is 12.4 Å². The van der Waals surface area contributed by atoms with Gasteiger partial charge in [-0.15, -0.1) is 0 Å². The summed E-state index contributed by atoms with van der Waals surface area (Å²) < 4.78 is 0. The number of aryl methyl sites for hydroxylation is 1. The van der Waals surface area contributed by atoms with Crippen molar-refractivity contribution in [1.29, 1.82) is 0 Å². The molecule has 6 heteroatoms. The lowest BCUT2D eigenvalue weighted by molar-refractivity contribution is 0.0651. The smallest absolute Gasteiger partial charge is 0.336 e. The first kappa shape index (κ1) is 17.7. The van der Waals surface area contributed by atoms with Gasteiger partial charge in [-0.1, -0.05) is 12.1 Å². The van der Waals surface area contributed by atoms with Gasteiger partial charge in [0, 0.05) is 13.6 Å². The monoisotopic (exact) mass is 306 g/mol. The Morgan fingerprint density at radius 3 is 2.05 bits per heavy atom. The zero-order chi connectivity index (χ0) is 17.1. The molecule has 0 aliphatic carbocycles. The molecule has 0 atom stereocenters. The van der Waals surface area contributed by atoms with E-state index in [0.29, 0.717) is 5.56 Å². The molecule has 1 aromatic rings. The largest absolute Gasteiger partial charge is 0.478 e. The normalized spacial score (nSPS) is 15.7. The molecule has 6 nitrogen and oxygen atoms in total. The molecule has 1 heterocycles. The number of hydrogen-bond acceptors (Lipinski definition) is 4. The number of carbonyl (C=O) groups is 2. The molecule has 2 N–H and O–H groups in total. The standard InChI is InChI=1S/C9H8O4.C7H14N2/c1-5-3-2-4-6(8(10)11)7(5)9(12)13;1-6-8-7(2,3)5-9(6)4/h2-4H,1H3,(H,10,11)(H,12,13);5H2,1-4H3. The third-order valence-corrected chi connectivity index (χ3v) is 3.36. The second-order valence-corrected chi connectivity index (χ2v) is 5.94. The number of nitrogens with zero attached hydrogens (tertiary/aromatic N) is 2. The van der Waals surface area contributed by atoms with Crippen molar-refractivity contribution in [3.8, 4) is 0 Å². The summed E-state index contributed by atoms with van der Waals surface area (Å²) in [7, 11) is 2.08. The van der Waals surface area contributed by atoms with Gasteiger partial charge >= 0.3 is 11.9 Å².